The molecule has 1 aliphatic rings. The molecule has 6 heteroatoms. The van der Waals surface area contributed by atoms with Gasteiger partial charge >= 0.3 is 5.97 Å². The van der Waals surface area contributed by atoms with Crippen molar-refractivity contribution < 1.29 is 19.1 Å². The van der Waals surface area contributed by atoms with E-state index in [0.29, 0.717) is 5.56 Å². The second-order valence-electron chi connectivity index (χ2n) is 6.41. The van der Waals surface area contributed by atoms with Crippen LogP contribution in [0.25, 0.3) is 6.08 Å². The quantitative estimate of drug-likeness (QED) is 0.421. The molecule has 0 saturated carbocycles. The Morgan fingerprint density at radius 3 is 2.96 bits per heavy atom. The molecule has 2 aromatic rings. The number of aryl methyl sites for hydroxylation is 1. The van der Waals surface area contributed by atoms with Crippen LogP contribution >= 0.6 is 11.3 Å². The van der Waals surface area contributed by atoms with Crippen LogP contribution in [0.1, 0.15) is 39.5 Å². The van der Waals surface area contributed by atoms with Crippen LogP contribution in [-0.2, 0) is 20.8 Å². The highest BCUT2D eigenvalue weighted by Gasteiger charge is 2.21. The Morgan fingerprint density at radius 2 is 2.27 bits per heavy atom. The molecule has 26 heavy (non-hydrogen) atoms. The Bertz CT molecular complexity index is 798. The number of esters is 1. The second-order valence-corrected chi connectivity index (χ2v) is 7.39. The fraction of sp³-hybridized carbons (Fsp3) is 0.400. The number of thiophene rings is 1. The Balaban J connectivity index is 1.58. The van der Waals surface area contributed by atoms with E-state index < -0.39 is 5.97 Å². The van der Waals surface area contributed by atoms with Gasteiger partial charge in [0, 0.05) is 41.1 Å². The van der Waals surface area contributed by atoms with Gasteiger partial charge in [0.05, 0.1) is 6.10 Å². The number of rotatable bonds is 7. The van der Waals surface area contributed by atoms with Gasteiger partial charge in [0.15, 0.2) is 6.61 Å². The van der Waals surface area contributed by atoms with E-state index in [1.165, 1.54) is 17.4 Å². The number of ketones is 1. The molecule has 0 aromatic carbocycles. The van der Waals surface area contributed by atoms with Crippen molar-refractivity contribution >= 4 is 29.2 Å². The molecular formula is C20H23NO4S. The van der Waals surface area contributed by atoms with Gasteiger partial charge in [-0.1, -0.05) is 6.07 Å². The lowest BCUT2D eigenvalue weighted by atomic mass is 10.1. The first-order valence-corrected chi connectivity index (χ1v) is 9.62. The lowest BCUT2D eigenvalue weighted by molar-refractivity contribution is -0.136. The summed E-state index contributed by atoms with van der Waals surface area (Å²) in [5.41, 5.74) is 2.52. The van der Waals surface area contributed by atoms with Gasteiger partial charge in [0.1, 0.15) is 0 Å². The maximum Gasteiger partial charge on any atom is 0.331 e. The van der Waals surface area contributed by atoms with Crippen LogP contribution in [0, 0.1) is 13.8 Å². The molecule has 1 saturated heterocycles. The molecule has 2 aromatic heterocycles. The van der Waals surface area contributed by atoms with Crippen molar-refractivity contribution in [1.82, 2.24) is 4.57 Å². The van der Waals surface area contributed by atoms with E-state index in [9.17, 15) is 9.59 Å². The van der Waals surface area contributed by atoms with Crippen LogP contribution in [0.4, 0.5) is 0 Å². The Kier molecular flexibility index (Phi) is 6.06. The third-order valence-corrected chi connectivity index (χ3v) is 5.39. The van der Waals surface area contributed by atoms with Crippen molar-refractivity contribution in [3.8, 4) is 0 Å². The van der Waals surface area contributed by atoms with Gasteiger partial charge in [0.25, 0.3) is 0 Å². The van der Waals surface area contributed by atoms with Gasteiger partial charge in [-0.3, -0.25) is 4.79 Å². The molecule has 0 spiro atoms. The number of aromatic nitrogens is 1. The molecule has 0 radical (unpaired) electrons. The molecule has 138 valence electrons. The molecule has 0 bridgehead atoms. The van der Waals surface area contributed by atoms with Crippen molar-refractivity contribution in [2.45, 2.75) is 39.3 Å². The summed E-state index contributed by atoms with van der Waals surface area (Å²) in [6, 6.07) is 5.68. The van der Waals surface area contributed by atoms with E-state index in [4.69, 9.17) is 9.47 Å². The van der Waals surface area contributed by atoms with E-state index in [-0.39, 0.29) is 18.5 Å². The largest absolute Gasteiger partial charge is 0.454 e. The highest BCUT2D eigenvalue weighted by molar-refractivity contribution is 7.10. The molecule has 3 heterocycles. The molecular weight excluding hydrogens is 350 g/mol. The summed E-state index contributed by atoms with van der Waals surface area (Å²) in [5, 5.41) is 1.93. The number of hydrogen-bond acceptors (Lipinski definition) is 5. The molecule has 3 rings (SSSR count). The lowest BCUT2D eigenvalue weighted by Crippen LogP contribution is -2.18. The molecule has 1 atom stereocenters. The summed E-state index contributed by atoms with van der Waals surface area (Å²) >= 11 is 1.53. The minimum Gasteiger partial charge on any atom is -0.454 e. The van der Waals surface area contributed by atoms with Crippen LogP contribution in [0.5, 0.6) is 0 Å². The third kappa shape index (κ3) is 4.51. The van der Waals surface area contributed by atoms with E-state index in [0.717, 1.165) is 42.3 Å². The molecule has 1 aliphatic heterocycles. The molecule has 5 nitrogen and oxygen atoms in total. The first kappa shape index (κ1) is 18.6. The average Bonchev–Trinajstić information content (AvgIpc) is 3.37. The first-order valence-electron chi connectivity index (χ1n) is 8.74. The SMILES string of the molecule is Cc1cc(C(=O)COC(=O)/C=C/c2cccs2)c(C)n1C[C@H]1CCCO1. The number of carbonyl (C=O) groups excluding carboxylic acids is 2. The number of hydrogen-bond donors (Lipinski definition) is 0. The predicted octanol–water partition coefficient (Wildman–Crippen LogP) is 3.78. The summed E-state index contributed by atoms with van der Waals surface area (Å²) < 4.78 is 12.9. The van der Waals surface area contributed by atoms with E-state index in [2.05, 4.69) is 4.57 Å². The highest BCUT2D eigenvalue weighted by Crippen LogP contribution is 2.20. The predicted molar refractivity (Wildman–Crippen MR) is 102 cm³/mol. The fourth-order valence-corrected chi connectivity index (χ4v) is 3.77. The van der Waals surface area contributed by atoms with Crippen molar-refractivity contribution in [1.29, 1.82) is 0 Å². The zero-order chi connectivity index (χ0) is 18.5. The summed E-state index contributed by atoms with van der Waals surface area (Å²) in [6.45, 7) is 5.22. The number of carbonyl (C=O) groups is 2. The van der Waals surface area contributed by atoms with Gasteiger partial charge in [0.2, 0.25) is 5.78 Å². The zero-order valence-electron chi connectivity index (χ0n) is 15.1. The lowest BCUT2D eigenvalue weighted by Gasteiger charge is -2.14. The summed E-state index contributed by atoms with van der Waals surface area (Å²) in [5.74, 6) is -0.700. The smallest absolute Gasteiger partial charge is 0.331 e. The highest BCUT2D eigenvalue weighted by atomic mass is 32.1. The van der Waals surface area contributed by atoms with Gasteiger partial charge in [-0.05, 0) is 50.3 Å². The van der Waals surface area contributed by atoms with E-state index in [1.54, 1.807) is 6.08 Å². The minimum absolute atomic E-state index is 0.186. The van der Waals surface area contributed by atoms with E-state index in [1.807, 2.05) is 37.4 Å². The Labute approximate surface area is 157 Å². The van der Waals surface area contributed by atoms with Crippen LogP contribution in [-0.4, -0.2) is 35.6 Å². The van der Waals surface area contributed by atoms with Crippen molar-refractivity contribution in [3.63, 3.8) is 0 Å². The van der Waals surface area contributed by atoms with Crippen LogP contribution < -0.4 is 0 Å². The maximum atomic E-state index is 12.5. The van der Waals surface area contributed by atoms with E-state index >= 15 is 0 Å². The third-order valence-electron chi connectivity index (χ3n) is 4.56. The fourth-order valence-electron chi connectivity index (χ4n) is 3.16. The monoisotopic (exact) mass is 373 g/mol. The number of nitrogens with zero attached hydrogens (tertiary/aromatic N) is 1. The zero-order valence-corrected chi connectivity index (χ0v) is 15.9. The minimum atomic E-state index is -0.514. The van der Waals surface area contributed by atoms with Gasteiger partial charge in [-0.2, -0.15) is 0 Å². The van der Waals surface area contributed by atoms with Crippen molar-refractivity contribution in [2.75, 3.05) is 13.2 Å². The number of Topliss-reactive ketones (excluding diaryl/α,β-unsaturated/α-hetero) is 1. The van der Waals surface area contributed by atoms with Crippen molar-refractivity contribution in [2.24, 2.45) is 0 Å². The molecule has 0 amide bonds. The van der Waals surface area contributed by atoms with Crippen LogP contribution in [0.15, 0.2) is 29.7 Å². The van der Waals surface area contributed by atoms with Crippen LogP contribution in [0.2, 0.25) is 0 Å². The Morgan fingerprint density at radius 1 is 1.42 bits per heavy atom. The van der Waals surface area contributed by atoms with Crippen molar-refractivity contribution in [3.05, 3.63) is 51.5 Å². The second kappa shape index (κ2) is 8.47. The molecule has 0 unspecified atom stereocenters. The normalized spacial score (nSPS) is 17.1. The molecule has 0 aliphatic carbocycles. The summed E-state index contributed by atoms with van der Waals surface area (Å²) in [6.07, 6.45) is 5.38. The average molecular weight is 373 g/mol. The summed E-state index contributed by atoms with van der Waals surface area (Å²) in [7, 11) is 0. The molecule has 0 N–H and O–H groups in total. The van der Waals surface area contributed by atoms with Gasteiger partial charge in [-0.25, -0.2) is 4.79 Å². The maximum absolute atomic E-state index is 12.5. The van der Waals surface area contributed by atoms with Gasteiger partial charge in [-0.15, -0.1) is 11.3 Å². The Hall–Kier alpha value is -2.18. The first-order chi connectivity index (χ1) is 12.5. The number of ether oxygens (including phenoxy) is 2. The topological polar surface area (TPSA) is 57.5 Å². The van der Waals surface area contributed by atoms with Gasteiger partial charge < -0.3 is 14.0 Å². The standard InChI is InChI=1S/C20H23NO4S/c1-14-11-18(15(2)21(14)12-16-5-3-9-24-16)19(22)13-25-20(23)8-7-17-6-4-10-26-17/h4,6-8,10-11,16H,3,5,9,12-13H2,1-2H3/b8-7+/t16-/m1/s1. The van der Waals surface area contributed by atoms with Crippen LogP contribution in [0.3, 0.4) is 0 Å². The molecule has 1 fully saturated rings. The summed E-state index contributed by atoms with van der Waals surface area (Å²) in [4.78, 5) is 25.2.